The van der Waals surface area contributed by atoms with E-state index in [-0.39, 0.29) is 5.60 Å². The average Bonchev–Trinajstić information content (AvgIpc) is 2.27. The van der Waals surface area contributed by atoms with Crippen LogP contribution in [0.5, 0.6) is 0 Å². The number of methoxy groups -OCH3 is 1. The van der Waals surface area contributed by atoms with Crippen molar-refractivity contribution in [3.8, 4) is 0 Å². The lowest BCUT2D eigenvalue weighted by atomic mass is 10.0. The van der Waals surface area contributed by atoms with Crippen molar-refractivity contribution in [3.63, 3.8) is 0 Å². The summed E-state index contributed by atoms with van der Waals surface area (Å²) in [6.45, 7) is 6.75. The molecule has 16 heavy (non-hydrogen) atoms. The fraction of sp³-hybridized carbons (Fsp3) is 0.500. The summed E-state index contributed by atoms with van der Waals surface area (Å²) in [5, 5.41) is 0. The molecule has 89 valence electrons. The van der Waals surface area contributed by atoms with Crippen LogP contribution in [0.4, 0.5) is 0 Å². The summed E-state index contributed by atoms with van der Waals surface area (Å²) < 4.78 is 11.1. The molecule has 0 saturated carbocycles. The van der Waals surface area contributed by atoms with Gasteiger partial charge in [0.2, 0.25) is 0 Å². The molecule has 0 aliphatic rings. The van der Waals surface area contributed by atoms with E-state index in [1.165, 1.54) is 5.56 Å². The molecule has 0 heterocycles. The van der Waals surface area contributed by atoms with Crippen molar-refractivity contribution >= 4 is 0 Å². The molecule has 2 nitrogen and oxygen atoms in total. The number of hydrogen-bond donors (Lipinski definition) is 0. The predicted molar refractivity (Wildman–Crippen MR) is 65.9 cm³/mol. The minimum absolute atomic E-state index is 0.152. The van der Waals surface area contributed by atoms with Crippen LogP contribution in [0.2, 0.25) is 0 Å². The van der Waals surface area contributed by atoms with E-state index in [2.05, 4.69) is 26.0 Å². The SMILES string of the molecule is COC(C)(C)C[C](C)OCc1ccccc1. The number of benzene rings is 1. The molecule has 2 heteroatoms. The fourth-order valence-electron chi connectivity index (χ4n) is 1.50. The zero-order valence-electron chi connectivity index (χ0n) is 10.6. The normalized spacial score (nSPS) is 12.1. The van der Waals surface area contributed by atoms with Gasteiger partial charge in [-0.2, -0.15) is 0 Å². The summed E-state index contributed by atoms with van der Waals surface area (Å²) in [7, 11) is 1.73. The van der Waals surface area contributed by atoms with E-state index in [1.54, 1.807) is 7.11 Å². The molecule has 0 saturated heterocycles. The van der Waals surface area contributed by atoms with Gasteiger partial charge in [-0.05, 0) is 26.3 Å². The average molecular weight is 221 g/mol. The topological polar surface area (TPSA) is 18.5 Å². The van der Waals surface area contributed by atoms with E-state index in [0.717, 1.165) is 12.5 Å². The van der Waals surface area contributed by atoms with Gasteiger partial charge in [0, 0.05) is 13.5 Å². The van der Waals surface area contributed by atoms with Crippen LogP contribution in [0.3, 0.4) is 0 Å². The smallest absolute Gasteiger partial charge is 0.0973 e. The third-order valence-electron chi connectivity index (χ3n) is 2.56. The lowest BCUT2D eigenvalue weighted by molar-refractivity contribution is -0.00788. The number of hydrogen-bond acceptors (Lipinski definition) is 2. The summed E-state index contributed by atoms with van der Waals surface area (Å²) >= 11 is 0. The molecule has 0 N–H and O–H groups in total. The van der Waals surface area contributed by atoms with Crippen LogP contribution in [0, 0.1) is 6.10 Å². The lowest BCUT2D eigenvalue weighted by Gasteiger charge is -2.25. The van der Waals surface area contributed by atoms with E-state index in [4.69, 9.17) is 9.47 Å². The second kappa shape index (κ2) is 6.02. The van der Waals surface area contributed by atoms with E-state index in [0.29, 0.717) is 6.61 Å². The van der Waals surface area contributed by atoms with Gasteiger partial charge in [-0.25, -0.2) is 0 Å². The molecule has 0 amide bonds. The summed E-state index contributed by atoms with van der Waals surface area (Å²) in [4.78, 5) is 0. The summed E-state index contributed by atoms with van der Waals surface area (Å²) in [6.07, 6.45) is 1.83. The quantitative estimate of drug-likeness (QED) is 0.731. The van der Waals surface area contributed by atoms with Crippen LogP contribution in [0.1, 0.15) is 32.8 Å². The van der Waals surface area contributed by atoms with Gasteiger partial charge >= 0.3 is 0 Å². The first-order valence-corrected chi connectivity index (χ1v) is 5.58. The summed E-state index contributed by atoms with van der Waals surface area (Å²) in [6, 6.07) is 10.2. The largest absolute Gasteiger partial charge is 0.379 e. The molecule has 0 aliphatic heterocycles. The maximum absolute atomic E-state index is 5.70. The van der Waals surface area contributed by atoms with Crippen molar-refractivity contribution in [1.29, 1.82) is 0 Å². The molecular formula is C14H21O2. The van der Waals surface area contributed by atoms with E-state index < -0.39 is 0 Å². The maximum Gasteiger partial charge on any atom is 0.0973 e. The third-order valence-corrected chi connectivity index (χ3v) is 2.56. The van der Waals surface area contributed by atoms with Gasteiger partial charge in [-0.15, -0.1) is 0 Å². The molecule has 1 radical (unpaired) electrons. The highest BCUT2D eigenvalue weighted by molar-refractivity contribution is 5.13. The lowest BCUT2D eigenvalue weighted by Crippen LogP contribution is -2.25. The van der Waals surface area contributed by atoms with E-state index in [9.17, 15) is 0 Å². The molecular weight excluding hydrogens is 200 g/mol. The Bertz CT molecular complexity index is 293. The van der Waals surface area contributed by atoms with Crippen LogP contribution in [-0.2, 0) is 16.1 Å². The minimum atomic E-state index is -0.152. The molecule has 1 aromatic carbocycles. The fourth-order valence-corrected chi connectivity index (χ4v) is 1.50. The Morgan fingerprint density at radius 3 is 2.38 bits per heavy atom. The zero-order valence-corrected chi connectivity index (χ0v) is 10.6. The number of ether oxygens (including phenoxy) is 2. The standard InChI is InChI=1S/C14H21O2/c1-12(10-14(2,3)15-4)16-11-13-8-6-5-7-9-13/h5-9H,10-11H2,1-4H3. The minimum Gasteiger partial charge on any atom is -0.379 e. The van der Waals surface area contributed by atoms with Crippen LogP contribution >= 0.6 is 0 Å². The van der Waals surface area contributed by atoms with Crippen molar-refractivity contribution in [2.45, 2.75) is 39.4 Å². The van der Waals surface area contributed by atoms with Gasteiger partial charge in [0.1, 0.15) is 0 Å². The first-order chi connectivity index (χ1) is 7.53. The third kappa shape index (κ3) is 4.77. The van der Waals surface area contributed by atoms with Gasteiger partial charge in [-0.1, -0.05) is 30.3 Å². The highest BCUT2D eigenvalue weighted by Gasteiger charge is 2.21. The molecule has 0 bridgehead atoms. The van der Waals surface area contributed by atoms with Crippen molar-refractivity contribution < 1.29 is 9.47 Å². The Kier molecular flexibility index (Phi) is 4.97. The van der Waals surface area contributed by atoms with Gasteiger partial charge in [0.25, 0.3) is 0 Å². The number of rotatable bonds is 6. The monoisotopic (exact) mass is 221 g/mol. The first kappa shape index (κ1) is 13.2. The maximum atomic E-state index is 5.70. The Morgan fingerprint density at radius 1 is 1.19 bits per heavy atom. The Morgan fingerprint density at radius 2 is 1.81 bits per heavy atom. The van der Waals surface area contributed by atoms with Gasteiger partial charge in [-0.3, -0.25) is 0 Å². The van der Waals surface area contributed by atoms with Crippen molar-refractivity contribution in [2.24, 2.45) is 0 Å². The molecule has 0 atom stereocenters. The van der Waals surface area contributed by atoms with Crippen molar-refractivity contribution in [3.05, 3.63) is 42.0 Å². The van der Waals surface area contributed by atoms with E-state index in [1.807, 2.05) is 25.1 Å². The molecule has 0 unspecified atom stereocenters. The summed E-state index contributed by atoms with van der Waals surface area (Å²) in [5.41, 5.74) is 1.04. The molecule has 1 rings (SSSR count). The second-order valence-electron chi connectivity index (χ2n) is 4.62. The van der Waals surface area contributed by atoms with Gasteiger partial charge in [0.05, 0.1) is 18.3 Å². The molecule has 0 aliphatic carbocycles. The zero-order chi connectivity index (χ0) is 12.0. The van der Waals surface area contributed by atoms with Crippen LogP contribution in [0.15, 0.2) is 30.3 Å². The Balaban J connectivity index is 2.33. The molecule has 0 spiro atoms. The Hall–Kier alpha value is -0.860. The Labute approximate surface area is 98.6 Å². The van der Waals surface area contributed by atoms with Crippen LogP contribution in [-0.4, -0.2) is 12.7 Å². The van der Waals surface area contributed by atoms with Gasteiger partial charge < -0.3 is 9.47 Å². The highest BCUT2D eigenvalue weighted by atomic mass is 16.5. The molecule has 0 aromatic heterocycles. The van der Waals surface area contributed by atoms with E-state index >= 15 is 0 Å². The van der Waals surface area contributed by atoms with Crippen molar-refractivity contribution in [1.82, 2.24) is 0 Å². The second-order valence-corrected chi connectivity index (χ2v) is 4.62. The highest BCUT2D eigenvalue weighted by Crippen LogP contribution is 2.22. The van der Waals surface area contributed by atoms with Crippen LogP contribution < -0.4 is 0 Å². The van der Waals surface area contributed by atoms with Gasteiger partial charge in [0.15, 0.2) is 0 Å². The molecule has 0 fully saturated rings. The summed E-state index contributed by atoms with van der Waals surface area (Å²) in [5.74, 6) is 0. The van der Waals surface area contributed by atoms with Crippen LogP contribution in [0.25, 0.3) is 0 Å². The first-order valence-electron chi connectivity index (χ1n) is 5.58. The molecule has 1 aromatic rings. The van der Waals surface area contributed by atoms with Crippen molar-refractivity contribution in [2.75, 3.05) is 7.11 Å². The predicted octanol–water partition coefficient (Wildman–Crippen LogP) is 3.57.